The SMILES string of the molecule is CCCNCCNc1ccc(NCC)c(N)n1. The van der Waals surface area contributed by atoms with Crippen LogP contribution in [-0.4, -0.2) is 31.2 Å². The molecule has 0 aromatic carbocycles. The molecule has 5 heteroatoms. The number of hydrogen-bond acceptors (Lipinski definition) is 5. The van der Waals surface area contributed by atoms with Crippen LogP contribution in [0.15, 0.2) is 12.1 Å². The lowest BCUT2D eigenvalue weighted by Crippen LogP contribution is -2.23. The lowest BCUT2D eigenvalue weighted by Gasteiger charge is -2.10. The minimum Gasteiger partial charge on any atom is -0.382 e. The summed E-state index contributed by atoms with van der Waals surface area (Å²) in [7, 11) is 0. The van der Waals surface area contributed by atoms with Crippen molar-refractivity contribution < 1.29 is 0 Å². The van der Waals surface area contributed by atoms with Crippen molar-refractivity contribution in [3.8, 4) is 0 Å². The number of pyridine rings is 1. The third-order valence-corrected chi connectivity index (χ3v) is 2.33. The Morgan fingerprint density at radius 3 is 2.59 bits per heavy atom. The molecule has 0 aliphatic heterocycles. The fraction of sp³-hybridized carbons (Fsp3) is 0.583. The van der Waals surface area contributed by atoms with Gasteiger partial charge in [0.1, 0.15) is 11.6 Å². The molecule has 1 aromatic heterocycles. The molecule has 1 rings (SSSR count). The number of anilines is 3. The fourth-order valence-electron chi connectivity index (χ4n) is 1.49. The van der Waals surface area contributed by atoms with Gasteiger partial charge in [-0.25, -0.2) is 4.98 Å². The van der Waals surface area contributed by atoms with Crippen LogP contribution < -0.4 is 21.7 Å². The molecule has 0 atom stereocenters. The van der Waals surface area contributed by atoms with E-state index >= 15 is 0 Å². The zero-order valence-corrected chi connectivity index (χ0v) is 10.7. The fourth-order valence-corrected chi connectivity index (χ4v) is 1.49. The molecule has 5 N–H and O–H groups in total. The Hall–Kier alpha value is -1.49. The number of nitrogens with one attached hydrogen (secondary N) is 3. The van der Waals surface area contributed by atoms with Gasteiger partial charge in [0.25, 0.3) is 0 Å². The van der Waals surface area contributed by atoms with E-state index in [-0.39, 0.29) is 0 Å². The van der Waals surface area contributed by atoms with Gasteiger partial charge in [-0.05, 0) is 32.0 Å². The average Bonchev–Trinajstić information content (AvgIpc) is 2.32. The standard InChI is InChI=1S/C12H23N5/c1-3-7-14-8-9-16-11-6-5-10(15-4-2)12(13)17-11/h5-6,14-15H,3-4,7-9H2,1-2H3,(H3,13,16,17). The van der Waals surface area contributed by atoms with Crippen LogP contribution in [0.1, 0.15) is 20.3 Å². The van der Waals surface area contributed by atoms with Gasteiger partial charge in [-0.15, -0.1) is 0 Å². The van der Waals surface area contributed by atoms with Crippen molar-refractivity contribution >= 4 is 17.3 Å². The largest absolute Gasteiger partial charge is 0.382 e. The molecule has 0 aliphatic rings. The highest BCUT2D eigenvalue weighted by Crippen LogP contribution is 2.17. The molecule has 0 saturated carbocycles. The first-order valence-corrected chi connectivity index (χ1v) is 6.22. The number of hydrogen-bond donors (Lipinski definition) is 4. The van der Waals surface area contributed by atoms with Crippen LogP contribution in [0, 0.1) is 0 Å². The van der Waals surface area contributed by atoms with Crippen LogP contribution in [-0.2, 0) is 0 Å². The molecule has 0 saturated heterocycles. The van der Waals surface area contributed by atoms with E-state index in [2.05, 4.69) is 27.9 Å². The number of aromatic nitrogens is 1. The maximum atomic E-state index is 5.83. The van der Waals surface area contributed by atoms with E-state index in [1.165, 1.54) is 0 Å². The Kier molecular flexibility index (Phi) is 6.17. The summed E-state index contributed by atoms with van der Waals surface area (Å²) in [6.45, 7) is 7.88. The Morgan fingerprint density at radius 1 is 1.12 bits per heavy atom. The van der Waals surface area contributed by atoms with Crippen LogP contribution in [0.4, 0.5) is 17.3 Å². The van der Waals surface area contributed by atoms with Gasteiger partial charge in [0, 0.05) is 19.6 Å². The van der Waals surface area contributed by atoms with Crippen molar-refractivity contribution in [2.45, 2.75) is 20.3 Å². The lowest BCUT2D eigenvalue weighted by atomic mass is 10.3. The van der Waals surface area contributed by atoms with Gasteiger partial charge in [-0.2, -0.15) is 0 Å². The van der Waals surface area contributed by atoms with E-state index in [9.17, 15) is 0 Å². The lowest BCUT2D eigenvalue weighted by molar-refractivity contribution is 0.687. The summed E-state index contributed by atoms with van der Waals surface area (Å²) in [5, 5.41) is 9.71. The van der Waals surface area contributed by atoms with Gasteiger partial charge in [0.05, 0.1) is 5.69 Å². The van der Waals surface area contributed by atoms with Gasteiger partial charge in [0.2, 0.25) is 0 Å². The summed E-state index contributed by atoms with van der Waals surface area (Å²) in [5.74, 6) is 1.36. The molecule has 1 aromatic rings. The Balaban J connectivity index is 2.36. The van der Waals surface area contributed by atoms with Gasteiger partial charge in [-0.3, -0.25) is 0 Å². The second-order valence-corrected chi connectivity index (χ2v) is 3.84. The predicted octanol–water partition coefficient (Wildman–Crippen LogP) is 1.51. The second-order valence-electron chi connectivity index (χ2n) is 3.84. The Morgan fingerprint density at radius 2 is 1.94 bits per heavy atom. The molecule has 0 fully saturated rings. The highest BCUT2D eigenvalue weighted by molar-refractivity contribution is 5.64. The summed E-state index contributed by atoms with van der Waals surface area (Å²) >= 11 is 0. The van der Waals surface area contributed by atoms with Crippen LogP contribution in [0.25, 0.3) is 0 Å². The maximum absolute atomic E-state index is 5.83. The summed E-state index contributed by atoms with van der Waals surface area (Å²) in [4.78, 5) is 4.29. The van der Waals surface area contributed by atoms with E-state index in [4.69, 9.17) is 5.73 Å². The molecular weight excluding hydrogens is 214 g/mol. The van der Waals surface area contributed by atoms with Gasteiger partial charge < -0.3 is 21.7 Å². The van der Waals surface area contributed by atoms with Crippen molar-refractivity contribution in [2.75, 3.05) is 42.5 Å². The molecule has 0 aliphatic carbocycles. The molecule has 0 spiro atoms. The average molecular weight is 237 g/mol. The molecule has 96 valence electrons. The highest BCUT2D eigenvalue weighted by Gasteiger charge is 2.00. The maximum Gasteiger partial charge on any atom is 0.149 e. The summed E-state index contributed by atoms with van der Waals surface area (Å²) in [6, 6.07) is 3.89. The van der Waals surface area contributed by atoms with Crippen molar-refractivity contribution in [2.24, 2.45) is 0 Å². The van der Waals surface area contributed by atoms with Crippen molar-refractivity contribution in [3.63, 3.8) is 0 Å². The molecule has 17 heavy (non-hydrogen) atoms. The third kappa shape index (κ3) is 4.91. The number of rotatable bonds is 8. The third-order valence-electron chi connectivity index (χ3n) is 2.33. The summed E-state index contributed by atoms with van der Waals surface area (Å²) in [5.41, 5.74) is 6.72. The molecule has 0 bridgehead atoms. The summed E-state index contributed by atoms with van der Waals surface area (Å²) in [6.07, 6.45) is 1.16. The predicted molar refractivity (Wildman–Crippen MR) is 74.5 cm³/mol. The van der Waals surface area contributed by atoms with E-state index in [1.807, 2.05) is 19.1 Å². The molecular formula is C12H23N5. The van der Waals surface area contributed by atoms with Crippen molar-refractivity contribution in [1.29, 1.82) is 0 Å². The van der Waals surface area contributed by atoms with E-state index in [0.29, 0.717) is 5.82 Å². The normalized spacial score (nSPS) is 10.2. The number of nitrogen functional groups attached to an aromatic ring is 1. The zero-order chi connectivity index (χ0) is 12.5. The minimum absolute atomic E-state index is 0.540. The van der Waals surface area contributed by atoms with E-state index in [0.717, 1.165) is 44.1 Å². The first kappa shape index (κ1) is 13.6. The first-order chi connectivity index (χ1) is 8.27. The number of nitrogens with zero attached hydrogens (tertiary/aromatic N) is 1. The van der Waals surface area contributed by atoms with Crippen LogP contribution in [0.2, 0.25) is 0 Å². The van der Waals surface area contributed by atoms with Gasteiger partial charge in [-0.1, -0.05) is 6.92 Å². The molecule has 1 heterocycles. The van der Waals surface area contributed by atoms with Gasteiger partial charge in [0.15, 0.2) is 0 Å². The first-order valence-electron chi connectivity index (χ1n) is 6.22. The molecule has 0 unspecified atom stereocenters. The Labute approximate surface area is 103 Å². The Bertz CT molecular complexity index is 327. The molecule has 5 nitrogen and oxygen atoms in total. The highest BCUT2D eigenvalue weighted by atomic mass is 15.1. The minimum atomic E-state index is 0.540. The van der Waals surface area contributed by atoms with Crippen molar-refractivity contribution in [3.05, 3.63) is 12.1 Å². The van der Waals surface area contributed by atoms with E-state index in [1.54, 1.807) is 0 Å². The molecule has 0 amide bonds. The topological polar surface area (TPSA) is 75.0 Å². The molecule has 0 radical (unpaired) electrons. The second kappa shape index (κ2) is 7.73. The monoisotopic (exact) mass is 237 g/mol. The van der Waals surface area contributed by atoms with Crippen molar-refractivity contribution in [1.82, 2.24) is 10.3 Å². The van der Waals surface area contributed by atoms with Crippen LogP contribution in [0.3, 0.4) is 0 Å². The quantitative estimate of drug-likeness (QED) is 0.516. The summed E-state index contributed by atoms with van der Waals surface area (Å²) < 4.78 is 0. The van der Waals surface area contributed by atoms with Crippen LogP contribution in [0.5, 0.6) is 0 Å². The number of nitrogens with two attached hydrogens (primary N) is 1. The smallest absolute Gasteiger partial charge is 0.149 e. The van der Waals surface area contributed by atoms with Gasteiger partial charge >= 0.3 is 0 Å². The van der Waals surface area contributed by atoms with E-state index < -0.39 is 0 Å². The zero-order valence-electron chi connectivity index (χ0n) is 10.7. The van der Waals surface area contributed by atoms with Crippen LogP contribution >= 0.6 is 0 Å².